The highest BCUT2D eigenvalue weighted by Gasteiger charge is 2.44. The number of hydrogen-bond donors (Lipinski definition) is 2. The fraction of sp³-hybridized carbons (Fsp3) is 0.0588. The van der Waals surface area contributed by atoms with Gasteiger partial charge in [0.05, 0.1) is 0 Å². The van der Waals surface area contributed by atoms with Crippen molar-refractivity contribution >= 4 is 62.9 Å². The van der Waals surface area contributed by atoms with E-state index in [4.69, 9.17) is 0 Å². The molecule has 0 aliphatic rings. The number of rotatable bonds is 5. The molecule has 0 radical (unpaired) electrons. The van der Waals surface area contributed by atoms with Crippen molar-refractivity contribution in [2.75, 3.05) is 0 Å². The molecule has 0 saturated heterocycles. The van der Waals surface area contributed by atoms with Crippen molar-refractivity contribution in [3.63, 3.8) is 0 Å². The van der Waals surface area contributed by atoms with Crippen molar-refractivity contribution in [3.8, 4) is 0 Å². The first-order valence-corrected chi connectivity index (χ1v) is 15.0. The molecule has 0 spiro atoms. The Labute approximate surface area is 225 Å². The Morgan fingerprint density at radius 1 is 0.474 bits per heavy atom. The van der Waals surface area contributed by atoms with Gasteiger partial charge in [0.2, 0.25) is 0 Å². The van der Waals surface area contributed by atoms with Gasteiger partial charge in [0.1, 0.15) is 0 Å². The Hall–Kier alpha value is -3.96. The molecule has 0 unspecified atom stereocenters. The molecule has 0 aliphatic heterocycles. The van der Waals surface area contributed by atoms with Gasteiger partial charge in [-0.25, -0.2) is 0 Å². The standard InChI is InChI=1S/C34H29BO2Si/c1-24-19-21-30-31(22-24)33(35(36)37)29-20-18-25(2)23-32(29)34(30)38(26-12-6-3-7-13-26,27-14-8-4-9-15-27)28-16-10-5-11-17-28/h3-23,36-37H,1-2H3. The van der Waals surface area contributed by atoms with Crippen LogP contribution in [0.5, 0.6) is 0 Å². The molecule has 0 heterocycles. The van der Waals surface area contributed by atoms with Crippen LogP contribution in [-0.4, -0.2) is 25.2 Å². The van der Waals surface area contributed by atoms with Crippen LogP contribution in [0.1, 0.15) is 11.1 Å². The number of fused-ring (bicyclic) bond motifs is 2. The van der Waals surface area contributed by atoms with Gasteiger partial charge in [-0.15, -0.1) is 0 Å². The maximum atomic E-state index is 10.7. The minimum absolute atomic E-state index is 0.569. The summed E-state index contributed by atoms with van der Waals surface area (Å²) in [7, 11) is -4.47. The Bertz CT molecular complexity index is 1650. The first-order valence-electron chi connectivity index (χ1n) is 13.0. The van der Waals surface area contributed by atoms with Crippen LogP contribution < -0.4 is 26.2 Å². The summed E-state index contributed by atoms with van der Waals surface area (Å²) in [6, 6.07) is 45.4. The molecule has 6 aromatic carbocycles. The lowest BCUT2D eigenvalue weighted by Crippen LogP contribution is -2.75. The fourth-order valence-corrected chi connectivity index (χ4v) is 11.3. The third-order valence-corrected chi connectivity index (χ3v) is 12.6. The summed E-state index contributed by atoms with van der Waals surface area (Å²) in [5.41, 5.74) is 2.79. The predicted octanol–water partition coefficient (Wildman–Crippen LogP) is 3.67. The Morgan fingerprint density at radius 3 is 1.34 bits per heavy atom. The summed E-state index contributed by atoms with van der Waals surface area (Å²) in [4.78, 5) is 0. The molecule has 0 amide bonds. The van der Waals surface area contributed by atoms with E-state index in [-0.39, 0.29) is 0 Å². The van der Waals surface area contributed by atoms with E-state index < -0.39 is 15.2 Å². The molecule has 0 aliphatic carbocycles. The molecule has 184 valence electrons. The maximum absolute atomic E-state index is 10.7. The lowest BCUT2D eigenvalue weighted by Gasteiger charge is -2.37. The summed E-state index contributed by atoms with van der Waals surface area (Å²) in [5, 5.41) is 30.5. The van der Waals surface area contributed by atoms with E-state index in [0.717, 1.165) is 32.7 Å². The van der Waals surface area contributed by atoms with Crippen LogP contribution in [-0.2, 0) is 0 Å². The van der Waals surface area contributed by atoms with Gasteiger partial charge < -0.3 is 10.0 Å². The first kappa shape index (κ1) is 24.4. The number of aryl methyl sites for hydroxylation is 2. The van der Waals surface area contributed by atoms with E-state index in [1.807, 2.05) is 0 Å². The molecule has 0 saturated carbocycles. The van der Waals surface area contributed by atoms with Crippen LogP contribution in [0.15, 0.2) is 127 Å². The zero-order chi connectivity index (χ0) is 26.3. The van der Waals surface area contributed by atoms with E-state index in [1.54, 1.807) is 0 Å². The topological polar surface area (TPSA) is 40.5 Å². The first-order chi connectivity index (χ1) is 18.5. The van der Waals surface area contributed by atoms with Gasteiger partial charge in [0.15, 0.2) is 8.07 Å². The van der Waals surface area contributed by atoms with Gasteiger partial charge in [-0.1, -0.05) is 139 Å². The second-order valence-corrected chi connectivity index (χ2v) is 13.8. The Morgan fingerprint density at radius 2 is 0.895 bits per heavy atom. The monoisotopic (exact) mass is 508 g/mol. The smallest absolute Gasteiger partial charge is 0.423 e. The second kappa shape index (κ2) is 9.73. The Kier molecular flexibility index (Phi) is 6.24. The average molecular weight is 509 g/mol. The third kappa shape index (κ3) is 3.81. The number of hydrogen-bond acceptors (Lipinski definition) is 2. The molecular weight excluding hydrogens is 479 g/mol. The average Bonchev–Trinajstić information content (AvgIpc) is 2.94. The molecule has 2 nitrogen and oxygen atoms in total. The van der Waals surface area contributed by atoms with Crippen LogP contribution in [0.4, 0.5) is 0 Å². The van der Waals surface area contributed by atoms with Crippen LogP contribution in [0.25, 0.3) is 21.5 Å². The van der Waals surface area contributed by atoms with Crippen molar-refractivity contribution in [2.45, 2.75) is 13.8 Å². The molecule has 0 fully saturated rings. The number of benzene rings is 6. The molecule has 2 N–H and O–H groups in total. The SMILES string of the molecule is Cc1ccc2c([Si](c3ccccc3)(c3ccccc3)c3ccccc3)c3cc(C)ccc3c(B(O)O)c2c1. The second-order valence-electron chi connectivity index (χ2n) is 10.1. The highest BCUT2D eigenvalue weighted by molar-refractivity contribution is 7.21. The van der Waals surface area contributed by atoms with Crippen LogP contribution >= 0.6 is 0 Å². The van der Waals surface area contributed by atoms with Gasteiger partial charge >= 0.3 is 7.12 Å². The van der Waals surface area contributed by atoms with Crippen LogP contribution in [0.2, 0.25) is 0 Å². The minimum atomic E-state index is -2.89. The summed E-state index contributed by atoms with van der Waals surface area (Å²) in [5.74, 6) is 0. The Balaban J connectivity index is 1.96. The highest BCUT2D eigenvalue weighted by atomic mass is 28.3. The van der Waals surface area contributed by atoms with E-state index >= 15 is 0 Å². The lowest BCUT2D eigenvalue weighted by molar-refractivity contribution is 0.426. The predicted molar refractivity (Wildman–Crippen MR) is 164 cm³/mol. The van der Waals surface area contributed by atoms with Crippen molar-refractivity contribution < 1.29 is 10.0 Å². The molecule has 0 bridgehead atoms. The normalized spacial score (nSPS) is 11.7. The van der Waals surface area contributed by atoms with E-state index in [9.17, 15) is 10.0 Å². The molecule has 6 aromatic rings. The molecule has 0 atom stereocenters. The zero-order valence-electron chi connectivity index (χ0n) is 21.6. The molecule has 4 heteroatoms. The van der Waals surface area contributed by atoms with Crippen LogP contribution in [0.3, 0.4) is 0 Å². The fourth-order valence-electron chi connectivity index (χ4n) is 6.17. The van der Waals surface area contributed by atoms with Gasteiger partial charge in [-0.05, 0) is 61.6 Å². The van der Waals surface area contributed by atoms with Crippen molar-refractivity contribution in [3.05, 3.63) is 139 Å². The van der Waals surface area contributed by atoms with Crippen molar-refractivity contribution in [2.24, 2.45) is 0 Å². The van der Waals surface area contributed by atoms with E-state index in [1.165, 1.54) is 20.7 Å². The van der Waals surface area contributed by atoms with Gasteiger partial charge in [-0.2, -0.15) is 0 Å². The lowest BCUT2D eigenvalue weighted by atomic mass is 9.73. The maximum Gasteiger partial charge on any atom is 0.489 e. The summed E-state index contributed by atoms with van der Waals surface area (Å²) < 4.78 is 0. The summed E-state index contributed by atoms with van der Waals surface area (Å²) >= 11 is 0. The zero-order valence-corrected chi connectivity index (χ0v) is 22.6. The largest absolute Gasteiger partial charge is 0.489 e. The van der Waals surface area contributed by atoms with Gasteiger partial charge in [0.25, 0.3) is 0 Å². The quantitative estimate of drug-likeness (QED) is 0.212. The molecule has 6 rings (SSSR count). The highest BCUT2D eigenvalue weighted by Crippen LogP contribution is 2.26. The van der Waals surface area contributed by atoms with Crippen molar-refractivity contribution in [1.82, 2.24) is 0 Å². The summed E-state index contributed by atoms with van der Waals surface area (Å²) in [6.07, 6.45) is 0. The van der Waals surface area contributed by atoms with Gasteiger partial charge in [0, 0.05) is 0 Å². The van der Waals surface area contributed by atoms with Crippen LogP contribution in [0, 0.1) is 13.8 Å². The third-order valence-electron chi connectivity index (χ3n) is 7.72. The van der Waals surface area contributed by atoms with E-state index in [0.29, 0.717) is 5.46 Å². The molecule has 38 heavy (non-hydrogen) atoms. The summed E-state index contributed by atoms with van der Waals surface area (Å²) in [6.45, 7) is 4.16. The minimum Gasteiger partial charge on any atom is -0.423 e. The van der Waals surface area contributed by atoms with Gasteiger partial charge in [-0.3, -0.25) is 0 Å². The van der Waals surface area contributed by atoms with Crippen molar-refractivity contribution in [1.29, 1.82) is 0 Å². The molecule has 0 aromatic heterocycles. The van der Waals surface area contributed by atoms with E-state index in [2.05, 4.69) is 141 Å². The molecular formula is C34H29BO2Si.